The van der Waals surface area contributed by atoms with E-state index in [0.29, 0.717) is 24.0 Å². The van der Waals surface area contributed by atoms with Gasteiger partial charge in [0.05, 0.1) is 16.8 Å². The summed E-state index contributed by atoms with van der Waals surface area (Å²) >= 11 is 0. The van der Waals surface area contributed by atoms with Gasteiger partial charge in [-0.15, -0.1) is 0 Å². The van der Waals surface area contributed by atoms with Crippen LogP contribution in [0.25, 0.3) is 39.5 Å². The van der Waals surface area contributed by atoms with Crippen LogP contribution >= 0.6 is 0 Å². The monoisotopic (exact) mass is 699 g/mol. The Kier molecular flexibility index (Phi) is 14.7. The molecule has 0 saturated carbocycles. The molecule has 270 valence electrons. The van der Waals surface area contributed by atoms with Gasteiger partial charge in [0, 0.05) is 29.6 Å². The Hall–Kier alpha value is -5.71. The van der Waals surface area contributed by atoms with Crippen LogP contribution in [0.1, 0.15) is 59.9 Å². The number of carbonyl (C=O) groups is 2. The molecule has 10 heteroatoms. The van der Waals surface area contributed by atoms with Crippen molar-refractivity contribution in [2.75, 3.05) is 39.5 Å². The highest BCUT2D eigenvalue weighted by molar-refractivity contribution is 5.85. The third kappa shape index (κ3) is 10.2. The van der Waals surface area contributed by atoms with Crippen LogP contribution in [0.4, 0.5) is 5.82 Å². The van der Waals surface area contributed by atoms with Gasteiger partial charge < -0.3 is 15.7 Å². The first-order valence-corrected chi connectivity index (χ1v) is 17.7. The summed E-state index contributed by atoms with van der Waals surface area (Å²) in [5.41, 5.74) is 13.5. The van der Waals surface area contributed by atoms with Gasteiger partial charge in [-0.25, -0.2) is 15.0 Å². The van der Waals surface area contributed by atoms with E-state index in [2.05, 4.69) is 76.8 Å². The topological polar surface area (TPSA) is 130 Å². The molecule has 0 amide bonds. The normalized spacial score (nSPS) is 10.8. The fraction of sp³-hybridized carbons (Fsp3) is 0.262. The van der Waals surface area contributed by atoms with Crippen LogP contribution < -0.4 is 5.73 Å². The number of imidazole rings is 1. The number of rotatable bonds is 13. The zero-order valence-corrected chi connectivity index (χ0v) is 30.7. The predicted molar refractivity (Wildman–Crippen MR) is 211 cm³/mol. The van der Waals surface area contributed by atoms with Gasteiger partial charge in [0.1, 0.15) is 23.4 Å². The van der Waals surface area contributed by atoms with E-state index in [1.54, 1.807) is 6.20 Å². The lowest BCUT2D eigenvalue weighted by Gasteiger charge is -2.21. The molecule has 0 unspecified atom stereocenters. The van der Waals surface area contributed by atoms with Crippen LogP contribution in [0.15, 0.2) is 103 Å². The number of nitrogen functional groups attached to an aromatic ring is 1. The van der Waals surface area contributed by atoms with E-state index < -0.39 is 0 Å². The quantitative estimate of drug-likeness (QED) is 0.0911. The van der Waals surface area contributed by atoms with Gasteiger partial charge in [0.2, 0.25) is 0 Å². The fourth-order valence-electron chi connectivity index (χ4n) is 5.61. The number of aldehydes is 2. The highest BCUT2D eigenvalue weighted by Crippen LogP contribution is 2.32. The number of hydrogen-bond donors (Lipinski definition) is 2. The number of pyridine rings is 2. The summed E-state index contributed by atoms with van der Waals surface area (Å²) in [6, 6.07) is 31.0. The van der Waals surface area contributed by atoms with Crippen molar-refractivity contribution in [1.82, 2.24) is 29.3 Å². The number of nitrogens with zero attached hydrogens (tertiary/aromatic N) is 6. The molecule has 0 bridgehead atoms. The van der Waals surface area contributed by atoms with Gasteiger partial charge in [0.25, 0.3) is 0 Å². The fourth-order valence-corrected chi connectivity index (χ4v) is 5.61. The van der Waals surface area contributed by atoms with E-state index in [1.165, 1.54) is 36.6 Å². The average Bonchev–Trinajstić information content (AvgIpc) is 3.56. The summed E-state index contributed by atoms with van der Waals surface area (Å²) < 4.78 is 2.10. The third-order valence-electron chi connectivity index (χ3n) is 8.35. The third-order valence-corrected chi connectivity index (χ3v) is 8.35. The van der Waals surface area contributed by atoms with E-state index in [9.17, 15) is 9.59 Å². The molecule has 3 aromatic heterocycles. The molecule has 0 aliphatic rings. The minimum atomic E-state index is -0.162. The molecule has 0 atom stereocenters. The molecule has 10 nitrogen and oxygen atoms in total. The lowest BCUT2D eigenvalue weighted by atomic mass is 10.1. The van der Waals surface area contributed by atoms with Crippen molar-refractivity contribution < 1.29 is 14.7 Å². The molecule has 0 spiro atoms. The Morgan fingerprint density at radius 2 is 1.56 bits per heavy atom. The molecule has 0 aliphatic heterocycles. The number of unbranched alkanes of at least 4 members (excludes halogenated alkanes) is 1. The Labute approximate surface area is 306 Å². The number of anilines is 1. The van der Waals surface area contributed by atoms with E-state index >= 15 is 0 Å². The van der Waals surface area contributed by atoms with Gasteiger partial charge in [-0.3, -0.25) is 19.1 Å². The van der Waals surface area contributed by atoms with Crippen molar-refractivity contribution in [3.8, 4) is 34.1 Å². The zero-order chi connectivity index (χ0) is 37.5. The van der Waals surface area contributed by atoms with Gasteiger partial charge in [-0.1, -0.05) is 69.3 Å². The molecule has 0 aliphatic carbocycles. The van der Waals surface area contributed by atoms with Gasteiger partial charge in [-0.2, -0.15) is 0 Å². The van der Waals surface area contributed by atoms with E-state index in [0.717, 1.165) is 65.7 Å². The Morgan fingerprint density at radius 1 is 0.827 bits per heavy atom. The first-order valence-electron chi connectivity index (χ1n) is 17.7. The van der Waals surface area contributed by atoms with Crippen LogP contribution in [-0.4, -0.2) is 80.7 Å². The highest BCUT2D eigenvalue weighted by atomic mass is 16.3. The summed E-state index contributed by atoms with van der Waals surface area (Å²) in [6.45, 7) is 10.4. The second-order valence-electron chi connectivity index (χ2n) is 12.2. The molecule has 0 fully saturated rings. The molecular formula is C42H49N7O3. The van der Waals surface area contributed by atoms with Crippen molar-refractivity contribution >= 4 is 29.6 Å². The first-order chi connectivity index (χ1) is 25.3. The number of benzene rings is 3. The Morgan fingerprint density at radius 3 is 2.19 bits per heavy atom. The van der Waals surface area contributed by atoms with Crippen LogP contribution in [-0.2, 0) is 6.54 Å². The maximum atomic E-state index is 10.2. The standard InChI is InChI=1S/C32H37N7.C8H6O3.C2H6/c1-4-38(22-9-8-21-37(2)3)23-24-14-16-26(17-15-24)39-31(27-13-10-20-34-30(27)33)36-29-19-18-28(35-32(29)39)25-11-6-5-7-12-25;9-4-6-1-2-7(5-10)8(11)3-6;1-2/h5-7,10-20H,4,8-9,21-23H2,1-3H3,(H2,33,34);1-5,11H;1-2H3. The van der Waals surface area contributed by atoms with E-state index in [4.69, 9.17) is 20.8 Å². The Balaban J connectivity index is 0.000000396. The maximum Gasteiger partial charge on any atom is 0.165 e. The van der Waals surface area contributed by atoms with Crippen LogP contribution in [0.5, 0.6) is 5.75 Å². The molecule has 0 radical (unpaired) electrons. The van der Waals surface area contributed by atoms with Crippen molar-refractivity contribution in [2.45, 2.75) is 40.2 Å². The smallest absolute Gasteiger partial charge is 0.165 e. The minimum Gasteiger partial charge on any atom is -0.507 e. The summed E-state index contributed by atoms with van der Waals surface area (Å²) in [6.07, 6.45) is 5.26. The summed E-state index contributed by atoms with van der Waals surface area (Å²) in [4.78, 5) is 39.4. The van der Waals surface area contributed by atoms with Gasteiger partial charge in [-0.05, 0) is 101 Å². The summed E-state index contributed by atoms with van der Waals surface area (Å²) in [5.74, 6) is 1.02. The van der Waals surface area contributed by atoms with Crippen LogP contribution in [0.3, 0.4) is 0 Å². The molecule has 6 rings (SSSR count). The van der Waals surface area contributed by atoms with Gasteiger partial charge in [0.15, 0.2) is 17.8 Å². The zero-order valence-electron chi connectivity index (χ0n) is 30.7. The average molecular weight is 700 g/mol. The number of aromatic nitrogens is 4. The number of aromatic hydroxyl groups is 1. The second kappa shape index (κ2) is 19.6. The predicted octanol–water partition coefficient (Wildman–Crippen LogP) is 7.94. The SMILES string of the molecule is CC.CCN(CCCCN(C)C)Cc1ccc(-n2c(-c3cccnc3N)nc3ccc(-c4ccccc4)nc32)cc1.O=Cc1ccc(C=O)c(O)c1. The molecule has 3 N–H and O–H groups in total. The number of phenols is 1. The first kappa shape index (κ1) is 39.1. The molecule has 3 aromatic carbocycles. The minimum absolute atomic E-state index is 0.162. The molecule has 6 aromatic rings. The molecule has 52 heavy (non-hydrogen) atoms. The molecule has 0 saturated heterocycles. The van der Waals surface area contributed by atoms with E-state index in [-0.39, 0.29) is 11.3 Å². The van der Waals surface area contributed by atoms with Crippen molar-refractivity contribution in [2.24, 2.45) is 0 Å². The molecular weight excluding hydrogens is 651 g/mol. The van der Waals surface area contributed by atoms with Crippen LogP contribution in [0.2, 0.25) is 0 Å². The summed E-state index contributed by atoms with van der Waals surface area (Å²) in [7, 11) is 4.27. The maximum absolute atomic E-state index is 10.2. The number of nitrogens with two attached hydrogens (primary N) is 1. The number of fused-ring (bicyclic) bond motifs is 1. The van der Waals surface area contributed by atoms with Crippen molar-refractivity contribution in [3.05, 3.63) is 120 Å². The van der Waals surface area contributed by atoms with Crippen molar-refractivity contribution in [3.63, 3.8) is 0 Å². The lowest BCUT2D eigenvalue weighted by molar-refractivity contribution is 0.111. The lowest BCUT2D eigenvalue weighted by Crippen LogP contribution is -2.25. The van der Waals surface area contributed by atoms with Crippen LogP contribution in [0, 0.1) is 0 Å². The highest BCUT2D eigenvalue weighted by Gasteiger charge is 2.19. The van der Waals surface area contributed by atoms with Gasteiger partial charge >= 0.3 is 0 Å². The number of hydrogen-bond acceptors (Lipinski definition) is 9. The largest absolute Gasteiger partial charge is 0.507 e. The number of phenolic OH excluding ortho intramolecular Hbond substituents is 1. The molecule has 3 heterocycles. The number of carbonyl (C=O) groups excluding carboxylic acids is 2. The second-order valence-corrected chi connectivity index (χ2v) is 12.2. The summed E-state index contributed by atoms with van der Waals surface area (Å²) in [5, 5.41) is 9.03. The van der Waals surface area contributed by atoms with E-state index in [1.807, 2.05) is 56.3 Å². The Bertz CT molecular complexity index is 2030. The van der Waals surface area contributed by atoms with Crippen molar-refractivity contribution in [1.29, 1.82) is 0 Å².